The molecule has 1 N–H and O–H groups in total. The molecule has 3 rings (SSSR count). The van der Waals surface area contributed by atoms with E-state index < -0.39 is 5.97 Å². The maximum absolute atomic E-state index is 11.5. The van der Waals surface area contributed by atoms with Gasteiger partial charge in [-0.2, -0.15) is 0 Å². The Kier molecular flexibility index (Phi) is 4.11. The highest BCUT2D eigenvalue weighted by molar-refractivity contribution is 6.31. The number of methoxy groups -OCH3 is 1. The van der Waals surface area contributed by atoms with Gasteiger partial charge in [0.15, 0.2) is 0 Å². The average Bonchev–Trinajstić information content (AvgIpc) is 3.26. The third-order valence-corrected chi connectivity index (χ3v) is 4.90. The van der Waals surface area contributed by atoms with Crippen molar-refractivity contribution in [1.82, 2.24) is 4.57 Å². The summed E-state index contributed by atoms with van der Waals surface area (Å²) < 4.78 is 7.59. The van der Waals surface area contributed by atoms with Gasteiger partial charge in [0, 0.05) is 22.8 Å². The number of halogens is 1. The molecule has 5 heteroatoms. The first-order valence-corrected chi connectivity index (χ1v) is 8.08. The molecule has 0 aliphatic heterocycles. The van der Waals surface area contributed by atoms with Crippen molar-refractivity contribution < 1.29 is 14.6 Å². The van der Waals surface area contributed by atoms with E-state index in [2.05, 4.69) is 4.57 Å². The van der Waals surface area contributed by atoms with Crippen LogP contribution in [0.3, 0.4) is 0 Å². The van der Waals surface area contributed by atoms with Gasteiger partial charge in [0.1, 0.15) is 5.75 Å². The Morgan fingerprint density at radius 1 is 1.35 bits per heavy atom. The van der Waals surface area contributed by atoms with E-state index in [1.54, 1.807) is 13.2 Å². The normalized spacial score (nSPS) is 14.1. The van der Waals surface area contributed by atoms with Gasteiger partial charge in [0.25, 0.3) is 0 Å². The Morgan fingerprint density at radius 2 is 2.04 bits per heavy atom. The second kappa shape index (κ2) is 5.93. The number of hydrogen-bond donors (Lipinski definition) is 1. The fraction of sp³-hybridized carbons (Fsp3) is 0.389. The van der Waals surface area contributed by atoms with Gasteiger partial charge in [-0.3, -0.25) is 0 Å². The lowest BCUT2D eigenvalue weighted by atomic mass is 10.1. The minimum absolute atomic E-state index is 0.333. The van der Waals surface area contributed by atoms with Crippen molar-refractivity contribution in [3.63, 3.8) is 0 Å². The van der Waals surface area contributed by atoms with Crippen LogP contribution in [0.15, 0.2) is 18.2 Å². The third kappa shape index (κ3) is 2.95. The van der Waals surface area contributed by atoms with Crippen LogP contribution in [-0.4, -0.2) is 22.8 Å². The number of nitrogens with zero attached hydrogens (tertiary/aromatic N) is 1. The number of aromatic nitrogens is 1. The number of carboxylic acids is 1. The molecular weight excluding hydrogens is 314 g/mol. The van der Waals surface area contributed by atoms with Crippen molar-refractivity contribution in [1.29, 1.82) is 0 Å². The highest BCUT2D eigenvalue weighted by atomic mass is 35.5. The molecule has 2 aromatic rings. The molecule has 1 aliphatic carbocycles. The zero-order valence-electron chi connectivity index (χ0n) is 13.5. The lowest BCUT2D eigenvalue weighted by Gasteiger charge is -2.15. The Labute approximate surface area is 140 Å². The van der Waals surface area contributed by atoms with Gasteiger partial charge >= 0.3 is 5.97 Å². The topological polar surface area (TPSA) is 51.5 Å². The van der Waals surface area contributed by atoms with Crippen LogP contribution in [0.1, 0.15) is 34.5 Å². The fourth-order valence-corrected chi connectivity index (χ4v) is 3.07. The molecule has 1 aromatic heterocycles. The fourth-order valence-electron chi connectivity index (χ4n) is 2.90. The molecule has 1 heterocycles. The Bertz CT molecular complexity index is 775. The number of aromatic carboxylic acids is 1. The second-order valence-electron chi connectivity index (χ2n) is 6.19. The van der Waals surface area contributed by atoms with Crippen LogP contribution in [0, 0.1) is 19.8 Å². The van der Waals surface area contributed by atoms with Crippen LogP contribution in [0.4, 0.5) is 0 Å². The Balaban J connectivity index is 2.20. The molecule has 0 unspecified atom stereocenters. The predicted octanol–water partition coefficient (Wildman–Crippen LogP) is 4.54. The maximum atomic E-state index is 11.5. The molecule has 0 bridgehead atoms. The van der Waals surface area contributed by atoms with E-state index in [0.29, 0.717) is 22.3 Å². The number of rotatable bonds is 5. The molecule has 122 valence electrons. The highest BCUT2D eigenvalue weighted by Crippen LogP contribution is 2.39. The van der Waals surface area contributed by atoms with E-state index in [9.17, 15) is 9.90 Å². The summed E-state index contributed by atoms with van der Waals surface area (Å²) in [6.45, 7) is 4.62. The standard InChI is InChI=1S/C18H20ClNO3/c1-10-6-17(23-3)14(7-15(10)19)16-8-13(18(21)22)11(2)20(16)9-12-4-5-12/h6-8,12H,4-5,9H2,1-3H3,(H,21,22). The summed E-state index contributed by atoms with van der Waals surface area (Å²) in [5.41, 5.74) is 3.73. The molecule has 23 heavy (non-hydrogen) atoms. The van der Waals surface area contributed by atoms with Crippen molar-refractivity contribution in [3.05, 3.63) is 40.0 Å². The van der Waals surface area contributed by atoms with Gasteiger partial charge in [-0.05, 0) is 56.4 Å². The Morgan fingerprint density at radius 3 is 2.61 bits per heavy atom. The van der Waals surface area contributed by atoms with Gasteiger partial charge in [-0.15, -0.1) is 0 Å². The molecule has 1 aliphatic rings. The number of carboxylic acid groups (broad SMARTS) is 1. The quantitative estimate of drug-likeness (QED) is 0.873. The minimum Gasteiger partial charge on any atom is -0.496 e. The molecule has 1 fully saturated rings. The largest absolute Gasteiger partial charge is 0.496 e. The van der Waals surface area contributed by atoms with Gasteiger partial charge < -0.3 is 14.4 Å². The lowest BCUT2D eigenvalue weighted by Crippen LogP contribution is -2.06. The van der Waals surface area contributed by atoms with E-state index in [-0.39, 0.29) is 0 Å². The summed E-state index contributed by atoms with van der Waals surface area (Å²) >= 11 is 6.29. The van der Waals surface area contributed by atoms with Crippen LogP contribution < -0.4 is 4.74 Å². The average molecular weight is 334 g/mol. The summed E-state index contributed by atoms with van der Waals surface area (Å²) in [6.07, 6.45) is 2.40. The number of ether oxygens (including phenoxy) is 1. The number of aryl methyl sites for hydroxylation is 1. The summed E-state index contributed by atoms with van der Waals surface area (Å²) in [5.74, 6) is 0.433. The SMILES string of the molecule is COc1cc(C)c(Cl)cc1-c1cc(C(=O)O)c(C)n1CC1CC1. The van der Waals surface area contributed by atoms with Crippen LogP contribution in [0.5, 0.6) is 5.75 Å². The number of benzene rings is 1. The first-order valence-electron chi connectivity index (χ1n) is 7.70. The molecule has 0 saturated heterocycles. The number of carbonyl (C=O) groups is 1. The summed E-state index contributed by atoms with van der Waals surface area (Å²) in [6, 6.07) is 5.48. The zero-order valence-corrected chi connectivity index (χ0v) is 14.3. The third-order valence-electron chi connectivity index (χ3n) is 4.49. The van der Waals surface area contributed by atoms with Crippen molar-refractivity contribution >= 4 is 17.6 Å². The van der Waals surface area contributed by atoms with E-state index in [1.165, 1.54) is 12.8 Å². The monoisotopic (exact) mass is 333 g/mol. The maximum Gasteiger partial charge on any atom is 0.337 e. The van der Waals surface area contributed by atoms with Crippen LogP contribution in [-0.2, 0) is 6.54 Å². The highest BCUT2D eigenvalue weighted by Gasteiger charge is 2.27. The summed E-state index contributed by atoms with van der Waals surface area (Å²) in [5, 5.41) is 10.1. The zero-order chi connectivity index (χ0) is 16.7. The molecule has 0 amide bonds. The molecular formula is C18H20ClNO3. The van der Waals surface area contributed by atoms with Crippen molar-refractivity contribution in [2.24, 2.45) is 5.92 Å². The number of hydrogen-bond acceptors (Lipinski definition) is 2. The lowest BCUT2D eigenvalue weighted by molar-refractivity contribution is 0.0696. The van der Waals surface area contributed by atoms with Gasteiger partial charge in [0.05, 0.1) is 18.4 Å². The van der Waals surface area contributed by atoms with Gasteiger partial charge in [0.2, 0.25) is 0 Å². The smallest absolute Gasteiger partial charge is 0.337 e. The van der Waals surface area contributed by atoms with E-state index in [1.807, 2.05) is 26.0 Å². The molecule has 0 radical (unpaired) electrons. The van der Waals surface area contributed by atoms with E-state index >= 15 is 0 Å². The van der Waals surface area contributed by atoms with E-state index in [0.717, 1.165) is 29.1 Å². The molecule has 0 atom stereocenters. The predicted molar refractivity (Wildman–Crippen MR) is 90.6 cm³/mol. The van der Waals surface area contributed by atoms with Crippen LogP contribution in [0.25, 0.3) is 11.3 Å². The molecule has 0 spiro atoms. The van der Waals surface area contributed by atoms with Crippen LogP contribution in [0.2, 0.25) is 5.02 Å². The van der Waals surface area contributed by atoms with E-state index in [4.69, 9.17) is 16.3 Å². The van der Waals surface area contributed by atoms with Crippen molar-refractivity contribution in [3.8, 4) is 17.0 Å². The minimum atomic E-state index is -0.907. The van der Waals surface area contributed by atoms with Crippen LogP contribution >= 0.6 is 11.6 Å². The first-order chi connectivity index (χ1) is 10.9. The van der Waals surface area contributed by atoms with Crippen molar-refractivity contribution in [2.75, 3.05) is 7.11 Å². The van der Waals surface area contributed by atoms with Gasteiger partial charge in [-0.25, -0.2) is 4.79 Å². The summed E-state index contributed by atoms with van der Waals surface area (Å²) in [4.78, 5) is 11.5. The first kappa shape index (κ1) is 15.9. The Hall–Kier alpha value is -1.94. The molecule has 4 nitrogen and oxygen atoms in total. The molecule has 1 aromatic carbocycles. The second-order valence-corrected chi connectivity index (χ2v) is 6.60. The summed E-state index contributed by atoms with van der Waals surface area (Å²) in [7, 11) is 1.62. The van der Waals surface area contributed by atoms with Crippen molar-refractivity contribution in [2.45, 2.75) is 33.2 Å². The molecule has 1 saturated carbocycles. The van der Waals surface area contributed by atoms with Gasteiger partial charge in [-0.1, -0.05) is 11.6 Å².